The second-order valence-electron chi connectivity index (χ2n) is 6.15. The molecular formula is C18H21NO2. The summed E-state index contributed by atoms with van der Waals surface area (Å²) in [6, 6.07) is 15.2. The first-order valence-corrected chi connectivity index (χ1v) is 7.03. The van der Waals surface area contributed by atoms with Gasteiger partial charge in [0.25, 0.3) is 0 Å². The minimum atomic E-state index is -0.896. The molecule has 3 nitrogen and oxygen atoms in total. The van der Waals surface area contributed by atoms with E-state index < -0.39 is 5.97 Å². The van der Waals surface area contributed by atoms with Crippen molar-refractivity contribution in [2.45, 2.75) is 32.7 Å². The van der Waals surface area contributed by atoms with Crippen molar-refractivity contribution in [2.24, 2.45) is 0 Å². The van der Waals surface area contributed by atoms with E-state index in [0.717, 1.165) is 11.3 Å². The zero-order valence-electron chi connectivity index (χ0n) is 12.7. The smallest absolute Gasteiger partial charge is 0.335 e. The van der Waals surface area contributed by atoms with E-state index in [1.807, 2.05) is 24.3 Å². The summed E-state index contributed by atoms with van der Waals surface area (Å²) in [5, 5.41) is 12.3. The van der Waals surface area contributed by atoms with Crippen molar-refractivity contribution in [1.29, 1.82) is 0 Å². The molecule has 2 aromatic rings. The quantitative estimate of drug-likeness (QED) is 0.879. The molecule has 2 aromatic carbocycles. The zero-order chi connectivity index (χ0) is 15.5. The van der Waals surface area contributed by atoms with Gasteiger partial charge in [-0.05, 0) is 34.7 Å². The van der Waals surface area contributed by atoms with E-state index in [9.17, 15) is 4.79 Å². The van der Waals surface area contributed by atoms with Crippen LogP contribution >= 0.6 is 0 Å². The summed E-state index contributed by atoms with van der Waals surface area (Å²) in [7, 11) is 0. The maximum Gasteiger partial charge on any atom is 0.335 e. The van der Waals surface area contributed by atoms with Crippen molar-refractivity contribution in [1.82, 2.24) is 0 Å². The molecule has 0 aliphatic heterocycles. The van der Waals surface area contributed by atoms with Gasteiger partial charge in [0.2, 0.25) is 0 Å². The predicted molar refractivity (Wildman–Crippen MR) is 85.9 cm³/mol. The molecule has 0 bridgehead atoms. The molecule has 0 saturated carbocycles. The lowest BCUT2D eigenvalue weighted by atomic mass is 9.86. The molecule has 0 heterocycles. The highest BCUT2D eigenvalue weighted by Crippen LogP contribution is 2.29. The van der Waals surface area contributed by atoms with Crippen LogP contribution in [0.1, 0.15) is 42.3 Å². The molecular weight excluding hydrogens is 262 g/mol. The third-order valence-corrected chi connectivity index (χ3v) is 3.42. The third-order valence-electron chi connectivity index (χ3n) is 3.42. The van der Waals surface area contributed by atoms with Crippen molar-refractivity contribution in [2.75, 3.05) is 5.32 Å². The van der Waals surface area contributed by atoms with Crippen LogP contribution in [0.15, 0.2) is 48.5 Å². The van der Waals surface area contributed by atoms with Crippen LogP contribution in [0.2, 0.25) is 0 Å². The van der Waals surface area contributed by atoms with Gasteiger partial charge in [-0.2, -0.15) is 0 Å². The Labute approximate surface area is 125 Å². The lowest BCUT2D eigenvalue weighted by molar-refractivity contribution is 0.0697. The van der Waals surface area contributed by atoms with E-state index in [1.54, 1.807) is 12.1 Å². The highest BCUT2D eigenvalue weighted by molar-refractivity contribution is 5.87. The summed E-state index contributed by atoms with van der Waals surface area (Å²) in [5.74, 6) is -0.896. The predicted octanol–water partition coefficient (Wildman–Crippen LogP) is 4.29. The highest BCUT2D eigenvalue weighted by Gasteiger charge is 2.17. The average Bonchev–Trinajstić information content (AvgIpc) is 2.45. The second-order valence-corrected chi connectivity index (χ2v) is 6.15. The Morgan fingerprint density at radius 2 is 1.67 bits per heavy atom. The molecule has 0 saturated heterocycles. The van der Waals surface area contributed by atoms with Gasteiger partial charge in [-0.25, -0.2) is 4.79 Å². The molecule has 2 N–H and O–H groups in total. The van der Waals surface area contributed by atoms with Gasteiger partial charge in [0.1, 0.15) is 0 Å². The highest BCUT2D eigenvalue weighted by atomic mass is 16.4. The summed E-state index contributed by atoms with van der Waals surface area (Å²) >= 11 is 0. The lowest BCUT2D eigenvalue weighted by Crippen LogP contribution is -2.14. The van der Waals surface area contributed by atoms with Gasteiger partial charge in [0, 0.05) is 12.2 Å². The first-order chi connectivity index (χ1) is 9.88. The Hall–Kier alpha value is -2.29. The standard InChI is InChI=1S/C18H21NO2/c1-18(2,3)15-6-4-5-7-16(15)19-12-13-8-10-14(11-9-13)17(20)21/h4-11,19H,12H2,1-3H3,(H,20,21). The van der Waals surface area contributed by atoms with Crippen molar-refractivity contribution in [3.05, 3.63) is 65.2 Å². The number of rotatable bonds is 4. The van der Waals surface area contributed by atoms with Gasteiger partial charge in [0.15, 0.2) is 0 Å². The van der Waals surface area contributed by atoms with E-state index in [-0.39, 0.29) is 5.41 Å². The van der Waals surface area contributed by atoms with Gasteiger partial charge in [-0.15, -0.1) is 0 Å². The number of carboxylic acid groups (broad SMARTS) is 1. The first-order valence-electron chi connectivity index (χ1n) is 7.03. The molecule has 21 heavy (non-hydrogen) atoms. The van der Waals surface area contributed by atoms with Crippen LogP contribution in [0, 0.1) is 0 Å². The number of aromatic carboxylic acids is 1. The maximum atomic E-state index is 10.8. The molecule has 2 rings (SSSR count). The molecule has 0 aromatic heterocycles. The molecule has 0 atom stereocenters. The van der Waals surface area contributed by atoms with Crippen LogP contribution in [-0.4, -0.2) is 11.1 Å². The molecule has 0 unspecified atom stereocenters. The number of carboxylic acids is 1. The maximum absolute atomic E-state index is 10.8. The number of benzene rings is 2. The SMILES string of the molecule is CC(C)(C)c1ccccc1NCc1ccc(C(=O)O)cc1. The van der Waals surface area contributed by atoms with Crippen LogP contribution in [0.25, 0.3) is 0 Å². The van der Waals surface area contributed by atoms with Crippen molar-refractivity contribution in [3.63, 3.8) is 0 Å². The Morgan fingerprint density at radius 3 is 2.24 bits per heavy atom. The molecule has 0 amide bonds. The summed E-state index contributed by atoms with van der Waals surface area (Å²) < 4.78 is 0. The van der Waals surface area contributed by atoms with Gasteiger partial charge in [-0.3, -0.25) is 0 Å². The van der Waals surface area contributed by atoms with E-state index in [0.29, 0.717) is 12.1 Å². The Kier molecular flexibility index (Phi) is 4.32. The minimum absolute atomic E-state index is 0.0801. The van der Waals surface area contributed by atoms with Crippen LogP contribution in [0.5, 0.6) is 0 Å². The lowest BCUT2D eigenvalue weighted by Gasteiger charge is -2.23. The molecule has 0 aliphatic carbocycles. The van der Waals surface area contributed by atoms with Crippen molar-refractivity contribution >= 4 is 11.7 Å². The molecule has 0 aliphatic rings. The van der Waals surface area contributed by atoms with Gasteiger partial charge < -0.3 is 10.4 Å². The Morgan fingerprint density at radius 1 is 1.05 bits per heavy atom. The van der Waals surface area contributed by atoms with Crippen molar-refractivity contribution < 1.29 is 9.90 Å². The fourth-order valence-corrected chi connectivity index (χ4v) is 2.25. The first kappa shape index (κ1) is 15.1. The Balaban J connectivity index is 2.12. The number of para-hydroxylation sites is 1. The van der Waals surface area contributed by atoms with Crippen LogP contribution in [0.3, 0.4) is 0 Å². The van der Waals surface area contributed by atoms with Crippen LogP contribution in [0.4, 0.5) is 5.69 Å². The van der Waals surface area contributed by atoms with E-state index >= 15 is 0 Å². The van der Waals surface area contributed by atoms with Gasteiger partial charge in [0.05, 0.1) is 5.56 Å². The normalized spacial score (nSPS) is 11.2. The molecule has 0 radical (unpaired) electrons. The summed E-state index contributed by atoms with van der Waals surface area (Å²) in [4.78, 5) is 10.8. The largest absolute Gasteiger partial charge is 0.478 e. The van der Waals surface area contributed by atoms with Crippen LogP contribution in [-0.2, 0) is 12.0 Å². The number of hydrogen-bond donors (Lipinski definition) is 2. The third kappa shape index (κ3) is 3.85. The summed E-state index contributed by atoms with van der Waals surface area (Å²) in [5.41, 5.74) is 3.84. The van der Waals surface area contributed by atoms with E-state index in [4.69, 9.17) is 5.11 Å². The zero-order valence-corrected chi connectivity index (χ0v) is 12.7. The van der Waals surface area contributed by atoms with Crippen molar-refractivity contribution in [3.8, 4) is 0 Å². The molecule has 110 valence electrons. The topological polar surface area (TPSA) is 49.3 Å². The number of carbonyl (C=O) groups is 1. The number of anilines is 1. The number of nitrogens with one attached hydrogen (secondary N) is 1. The summed E-state index contributed by atoms with van der Waals surface area (Å²) in [6.07, 6.45) is 0. The average molecular weight is 283 g/mol. The van der Waals surface area contributed by atoms with E-state index in [1.165, 1.54) is 5.56 Å². The summed E-state index contributed by atoms with van der Waals surface area (Å²) in [6.45, 7) is 7.24. The fraction of sp³-hybridized carbons (Fsp3) is 0.278. The molecule has 0 spiro atoms. The minimum Gasteiger partial charge on any atom is -0.478 e. The second kappa shape index (κ2) is 6.00. The van der Waals surface area contributed by atoms with Crippen LogP contribution < -0.4 is 5.32 Å². The molecule has 3 heteroatoms. The molecule has 0 fully saturated rings. The fourth-order valence-electron chi connectivity index (χ4n) is 2.25. The van der Waals surface area contributed by atoms with Gasteiger partial charge in [-0.1, -0.05) is 51.1 Å². The Bertz CT molecular complexity index is 624. The monoisotopic (exact) mass is 283 g/mol. The number of hydrogen-bond acceptors (Lipinski definition) is 2. The van der Waals surface area contributed by atoms with E-state index in [2.05, 4.69) is 38.2 Å². The van der Waals surface area contributed by atoms with Gasteiger partial charge >= 0.3 is 5.97 Å².